The van der Waals surface area contributed by atoms with Crippen LogP contribution in [0.25, 0.3) is 6.08 Å². The summed E-state index contributed by atoms with van der Waals surface area (Å²) in [7, 11) is 1.35. The van der Waals surface area contributed by atoms with Crippen LogP contribution in [0.2, 0.25) is 0 Å². The van der Waals surface area contributed by atoms with Crippen LogP contribution in [0.15, 0.2) is 18.2 Å². The molecule has 1 rings (SSSR count). The Bertz CT molecular complexity index is 580. The maximum atomic E-state index is 11.4. The zero-order valence-corrected chi connectivity index (χ0v) is 14.8. The molecule has 6 nitrogen and oxygen atoms in total. The quantitative estimate of drug-likeness (QED) is 0.456. The van der Waals surface area contributed by atoms with Crippen LogP contribution in [-0.2, 0) is 0 Å². The van der Waals surface area contributed by atoms with Crippen LogP contribution in [0.4, 0.5) is 0 Å². The lowest BCUT2D eigenvalue weighted by atomic mass is 10.0. The van der Waals surface area contributed by atoms with E-state index in [4.69, 9.17) is 4.74 Å². The molecule has 0 aromatic heterocycles. The number of carboxylic acid groups (broad SMARTS) is 1. The minimum absolute atomic E-state index is 0.00899. The van der Waals surface area contributed by atoms with Crippen LogP contribution < -0.4 is 4.74 Å². The second-order valence-corrected chi connectivity index (χ2v) is 6.18. The van der Waals surface area contributed by atoms with Crippen molar-refractivity contribution >= 4 is 12.0 Å². The van der Waals surface area contributed by atoms with Gasteiger partial charge in [-0.2, -0.15) is 0 Å². The predicted molar refractivity (Wildman–Crippen MR) is 96.0 cm³/mol. The molecule has 1 aromatic rings. The second kappa shape index (κ2) is 10.7. The lowest BCUT2D eigenvalue weighted by molar-refractivity contribution is 0.0693. The van der Waals surface area contributed by atoms with E-state index in [2.05, 4.69) is 0 Å². The first-order valence-corrected chi connectivity index (χ1v) is 8.52. The number of aliphatic hydroxyl groups excluding tert-OH is 2. The van der Waals surface area contributed by atoms with Crippen LogP contribution in [-0.4, -0.2) is 45.7 Å². The van der Waals surface area contributed by atoms with Gasteiger partial charge in [0.2, 0.25) is 0 Å². The number of unbranched alkanes of at least 4 members (excludes halogenated alkanes) is 1. The van der Waals surface area contributed by atoms with Crippen molar-refractivity contribution in [3.05, 3.63) is 29.3 Å². The van der Waals surface area contributed by atoms with Crippen molar-refractivity contribution < 1.29 is 30.0 Å². The van der Waals surface area contributed by atoms with Gasteiger partial charge in [0.05, 0.1) is 19.3 Å². The van der Waals surface area contributed by atoms with Crippen LogP contribution in [0.5, 0.6) is 11.5 Å². The van der Waals surface area contributed by atoms with Gasteiger partial charge in [0.1, 0.15) is 17.1 Å². The first kappa shape index (κ1) is 21.0. The molecule has 0 aliphatic rings. The minimum atomic E-state index is -1.12. The fourth-order valence-corrected chi connectivity index (χ4v) is 2.62. The summed E-state index contributed by atoms with van der Waals surface area (Å²) < 4.78 is 5.02. The van der Waals surface area contributed by atoms with Crippen molar-refractivity contribution in [1.82, 2.24) is 0 Å². The average Bonchev–Trinajstić information content (AvgIpc) is 2.53. The Morgan fingerprint density at radius 1 is 1.20 bits per heavy atom. The number of phenols is 1. The number of phenolic OH excluding ortho intramolecular Hbond substituents is 1. The molecule has 0 heterocycles. The molecule has 2 atom stereocenters. The average molecular weight is 352 g/mol. The summed E-state index contributed by atoms with van der Waals surface area (Å²) in [4.78, 5) is 11.4. The van der Waals surface area contributed by atoms with E-state index in [0.717, 1.165) is 12.8 Å². The van der Waals surface area contributed by atoms with Gasteiger partial charge in [-0.05, 0) is 57.1 Å². The Hall–Kier alpha value is -2.05. The van der Waals surface area contributed by atoms with Gasteiger partial charge in [0.15, 0.2) is 0 Å². The highest BCUT2D eigenvalue weighted by Crippen LogP contribution is 2.29. The second-order valence-electron chi connectivity index (χ2n) is 6.18. The standard InChI is InChI=1S/C19H28O6/c1-13(20)7-6-10-15(21)9-5-3-4-8-14-11-16(22)12-17(25-2)18(14)19(23)24/h4,8,11-13,15,20-22H,3,5-7,9-10H2,1-2H3,(H,23,24)/b8-4+/t13-,15+/m0/s1. The lowest BCUT2D eigenvalue weighted by Gasteiger charge is -2.10. The molecular weight excluding hydrogens is 324 g/mol. The summed E-state index contributed by atoms with van der Waals surface area (Å²) in [5.41, 5.74) is 0.386. The summed E-state index contributed by atoms with van der Waals surface area (Å²) in [6, 6.07) is 2.65. The highest BCUT2D eigenvalue weighted by atomic mass is 16.5. The minimum Gasteiger partial charge on any atom is -0.508 e. The van der Waals surface area contributed by atoms with E-state index in [1.165, 1.54) is 19.2 Å². The Labute approximate surface area is 148 Å². The highest BCUT2D eigenvalue weighted by Gasteiger charge is 2.16. The third-order valence-electron chi connectivity index (χ3n) is 3.92. The number of hydrogen-bond donors (Lipinski definition) is 4. The van der Waals surface area contributed by atoms with E-state index in [1.807, 2.05) is 6.08 Å². The molecule has 0 fully saturated rings. The van der Waals surface area contributed by atoms with E-state index in [-0.39, 0.29) is 29.3 Å². The number of allylic oxidation sites excluding steroid dienone is 1. The molecule has 0 radical (unpaired) electrons. The summed E-state index contributed by atoms with van der Waals surface area (Å²) in [6.07, 6.45) is 7.00. The smallest absolute Gasteiger partial charge is 0.340 e. The van der Waals surface area contributed by atoms with Crippen LogP contribution in [0.3, 0.4) is 0 Å². The van der Waals surface area contributed by atoms with Crippen molar-refractivity contribution in [2.24, 2.45) is 0 Å². The summed E-state index contributed by atoms with van der Waals surface area (Å²) in [5.74, 6) is -1.07. The van der Waals surface area contributed by atoms with Crippen LogP contribution >= 0.6 is 0 Å². The van der Waals surface area contributed by atoms with Gasteiger partial charge in [0, 0.05) is 6.07 Å². The van der Waals surface area contributed by atoms with Crippen LogP contribution in [0.1, 0.15) is 61.4 Å². The van der Waals surface area contributed by atoms with Gasteiger partial charge < -0.3 is 25.2 Å². The van der Waals surface area contributed by atoms with Crippen molar-refractivity contribution in [2.45, 2.75) is 57.7 Å². The van der Waals surface area contributed by atoms with Gasteiger partial charge in [0.25, 0.3) is 0 Å². The topological polar surface area (TPSA) is 107 Å². The number of methoxy groups -OCH3 is 1. The Morgan fingerprint density at radius 2 is 1.88 bits per heavy atom. The molecular formula is C19H28O6. The van der Waals surface area contributed by atoms with Gasteiger partial charge in [-0.15, -0.1) is 0 Å². The molecule has 25 heavy (non-hydrogen) atoms. The van der Waals surface area contributed by atoms with Crippen molar-refractivity contribution in [3.63, 3.8) is 0 Å². The fraction of sp³-hybridized carbons (Fsp3) is 0.526. The zero-order valence-electron chi connectivity index (χ0n) is 14.8. The number of carbonyl (C=O) groups is 1. The summed E-state index contributed by atoms with van der Waals surface area (Å²) in [5, 5.41) is 38.0. The van der Waals surface area contributed by atoms with E-state index in [1.54, 1.807) is 13.0 Å². The van der Waals surface area contributed by atoms with Crippen molar-refractivity contribution in [3.8, 4) is 11.5 Å². The number of rotatable bonds is 11. The van der Waals surface area contributed by atoms with E-state index < -0.39 is 5.97 Å². The molecule has 0 unspecified atom stereocenters. The fourth-order valence-electron chi connectivity index (χ4n) is 2.62. The third kappa shape index (κ3) is 7.58. The lowest BCUT2D eigenvalue weighted by Crippen LogP contribution is -2.08. The van der Waals surface area contributed by atoms with Gasteiger partial charge in [-0.3, -0.25) is 0 Å². The highest BCUT2D eigenvalue weighted by molar-refractivity contribution is 5.95. The molecule has 0 saturated carbocycles. The molecule has 4 N–H and O–H groups in total. The molecule has 6 heteroatoms. The molecule has 0 amide bonds. The molecule has 0 spiro atoms. The van der Waals surface area contributed by atoms with Gasteiger partial charge >= 0.3 is 5.97 Å². The summed E-state index contributed by atoms with van der Waals surface area (Å²) >= 11 is 0. The number of aromatic carboxylic acids is 1. The number of aromatic hydroxyl groups is 1. The monoisotopic (exact) mass is 352 g/mol. The maximum Gasteiger partial charge on any atom is 0.340 e. The largest absolute Gasteiger partial charge is 0.508 e. The normalized spacial score (nSPS) is 13.8. The van der Waals surface area contributed by atoms with Crippen molar-refractivity contribution in [1.29, 1.82) is 0 Å². The molecule has 0 aliphatic carbocycles. The Kier molecular flexibility index (Phi) is 9.02. The van der Waals surface area contributed by atoms with E-state index in [0.29, 0.717) is 31.2 Å². The number of aliphatic hydroxyl groups is 2. The number of carboxylic acids is 1. The zero-order chi connectivity index (χ0) is 18.8. The van der Waals surface area contributed by atoms with Crippen molar-refractivity contribution in [2.75, 3.05) is 7.11 Å². The Balaban J connectivity index is 2.54. The number of ether oxygens (including phenoxy) is 1. The first-order chi connectivity index (χ1) is 11.8. The molecule has 1 aromatic carbocycles. The third-order valence-corrected chi connectivity index (χ3v) is 3.92. The maximum absolute atomic E-state index is 11.4. The van der Waals surface area contributed by atoms with Gasteiger partial charge in [-0.1, -0.05) is 12.2 Å². The number of benzene rings is 1. The predicted octanol–water partition coefficient (Wildman–Crippen LogP) is 3.19. The van der Waals surface area contributed by atoms with Crippen LogP contribution in [0, 0.1) is 0 Å². The molecule has 140 valence electrons. The van der Waals surface area contributed by atoms with E-state index >= 15 is 0 Å². The molecule has 0 saturated heterocycles. The van der Waals surface area contributed by atoms with E-state index in [9.17, 15) is 25.2 Å². The molecule has 0 bridgehead atoms. The Morgan fingerprint density at radius 3 is 2.48 bits per heavy atom. The summed E-state index contributed by atoms with van der Waals surface area (Å²) in [6.45, 7) is 1.74. The molecule has 0 aliphatic heterocycles. The number of hydrogen-bond acceptors (Lipinski definition) is 5. The first-order valence-electron chi connectivity index (χ1n) is 8.52. The van der Waals surface area contributed by atoms with Gasteiger partial charge in [-0.25, -0.2) is 4.79 Å². The SMILES string of the molecule is COc1cc(O)cc(/C=C/CCC[C@@H](O)CCC[C@H](C)O)c1C(=O)O.